The Labute approximate surface area is 247 Å². The van der Waals surface area contributed by atoms with Crippen molar-refractivity contribution in [2.45, 2.75) is 19.7 Å². The lowest BCUT2D eigenvalue weighted by atomic mass is 10.1. The van der Waals surface area contributed by atoms with Crippen LogP contribution >= 0.6 is 0 Å². The van der Waals surface area contributed by atoms with Crippen molar-refractivity contribution in [3.63, 3.8) is 0 Å². The number of carboxylic acids is 1. The zero-order valence-corrected chi connectivity index (χ0v) is 22.9. The Morgan fingerprint density at radius 1 is 0.909 bits per heavy atom. The lowest BCUT2D eigenvalue weighted by molar-refractivity contribution is -0.274. The van der Waals surface area contributed by atoms with Crippen molar-refractivity contribution in [1.29, 1.82) is 0 Å². The van der Waals surface area contributed by atoms with E-state index in [4.69, 9.17) is 4.42 Å². The van der Waals surface area contributed by atoms with Gasteiger partial charge in [0.2, 0.25) is 5.89 Å². The molecule has 0 aliphatic carbocycles. The largest absolute Gasteiger partial charge is 0.573 e. The van der Waals surface area contributed by atoms with Crippen LogP contribution in [0.15, 0.2) is 83.3 Å². The van der Waals surface area contributed by atoms with Crippen LogP contribution < -0.4 is 15.0 Å². The van der Waals surface area contributed by atoms with Gasteiger partial charge in [0.15, 0.2) is 5.58 Å². The lowest BCUT2D eigenvalue weighted by Crippen LogP contribution is -2.29. The van der Waals surface area contributed by atoms with Crippen LogP contribution in [0.2, 0.25) is 0 Å². The molecule has 5 aromatic rings. The molecule has 12 heteroatoms. The van der Waals surface area contributed by atoms with Gasteiger partial charge in [0, 0.05) is 12.2 Å². The topological polar surface area (TPSA) is 122 Å². The first-order valence-corrected chi connectivity index (χ1v) is 13.4. The second-order valence-corrected chi connectivity index (χ2v) is 9.94. The third-order valence-corrected chi connectivity index (χ3v) is 7.00. The van der Waals surface area contributed by atoms with Gasteiger partial charge in [-0.3, -0.25) is 9.59 Å². The summed E-state index contributed by atoms with van der Waals surface area (Å²) in [6, 6.07) is 19.3. The van der Waals surface area contributed by atoms with Gasteiger partial charge in [-0.05, 0) is 78.2 Å². The highest BCUT2D eigenvalue weighted by Gasteiger charge is 2.37. The van der Waals surface area contributed by atoms with Crippen LogP contribution in [-0.4, -0.2) is 40.8 Å². The number of imide groups is 1. The Bertz CT molecular complexity index is 1950. The zero-order chi connectivity index (χ0) is 31.2. The molecule has 2 N–H and O–H groups in total. The molecule has 2 amide bonds. The average Bonchev–Trinajstić information content (AvgIpc) is 3.53. The smallest absolute Gasteiger partial charge is 0.478 e. The second kappa shape index (κ2) is 10.9. The summed E-state index contributed by atoms with van der Waals surface area (Å²) in [6.45, 7) is 2.61. The van der Waals surface area contributed by atoms with Crippen LogP contribution in [-0.2, 0) is 0 Å². The van der Waals surface area contributed by atoms with Gasteiger partial charge in [-0.2, -0.15) is 0 Å². The number of benzene rings is 4. The minimum atomic E-state index is -4.79. The molecule has 0 bridgehead atoms. The van der Waals surface area contributed by atoms with Crippen LogP contribution in [0, 0.1) is 0 Å². The summed E-state index contributed by atoms with van der Waals surface area (Å²) in [6.07, 6.45) is -3.97. The number of hydrogen-bond acceptors (Lipinski definition) is 7. The Morgan fingerprint density at radius 2 is 1.64 bits per heavy atom. The van der Waals surface area contributed by atoms with Crippen molar-refractivity contribution < 1.29 is 41.8 Å². The molecule has 6 rings (SSSR count). The van der Waals surface area contributed by atoms with Gasteiger partial charge in [-0.15, -0.1) is 13.2 Å². The van der Waals surface area contributed by atoms with E-state index in [0.717, 1.165) is 11.3 Å². The summed E-state index contributed by atoms with van der Waals surface area (Å²) in [5.74, 6) is -2.58. The third kappa shape index (κ3) is 5.33. The van der Waals surface area contributed by atoms with E-state index in [0.29, 0.717) is 40.0 Å². The standard InChI is InChI=1S/C32H22F3N3O6/c1-2-13-36-25-11-7-20(38-29(39)22-10-5-19(31(41)42)14-23(22)30(38)40)16-24(25)28-37-26-15-18(6-12-27(26)43-28)17-3-8-21(9-4-17)44-32(33,34)35/h3-12,14-16,36H,2,13H2,1H3,(H,41,42). The molecule has 9 nitrogen and oxygen atoms in total. The first-order chi connectivity index (χ1) is 21.0. The number of fused-ring (bicyclic) bond motifs is 2. The second-order valence-electron chi connectivity index (χ2n) is 9.94. The number of hydrogen-bond donors (Lipinski definition) is 2. The van der Waals surface area contributed by atoms with E-state index in [1.54, 1.807) is 36.4 Å². The van der Waals surface area contributed by atoms with Crippen molar-refractivity contribution in [1.82, 2.24) is 4.98 Å². The summed E-state index contributed by atoms with van der Waals surface area (Å²) >= 11 is 0. The monoisotopic (exact) mass is 601 g/mol. The molecule has 0 unspecified atom stereocenters. The number of ether oxygens (including phenoxy) is 1. The molecule has 222 valence electrons. The van der Waals surface area contributed by atoms with Crippen molar-refractivity contribution in [3.05, 3.63) is 95.6 Å². The van der Waals surface area contributed by atoms with Crippen molar-refractivity contribution in [2.75, 3.05) is 16.8 Å². The molecule has 1 aromatic heterocycles. The molecule has 4 aromatic carbocycles. The highest BCUT2D eigenvalue weighted by molar-refractivity contribution is 6.34. The zero-order valence-electron chi connectivity index (χ0n) is 22.9. The lowest BCUT2D eigenvalue weighted by Gasteiger charge is -2.17. The van der Waals surface area contributed by atoms with Gasteiger partial charge in [-0.25, -0.2) is 14.7 Å². The number of oxazole rings is 1. The first-order valence-electron chi connectivity index (χ1n) is 13.4. The summed E-state index contributed by atoms with van der Waals surface area (Å²) < 4.78 is 47.6. The van der Waals surface area contributed by atoms with Gasteiger partial charge in [0.05, 0.1) is 27.9 Å². The number of carbonyl (C=O) groups excluding carboxylic acids is 2. The molecular weight excluding hydrogens is 579 g/mol. The fraction of sp³-hybridized carbons (Fsp3) is 0.125. The van der Waals surface area contributed by atoms with Crippen LogP contribution in [0.5, 0.6) is 5.75 Å². The molecule has 2 heterocycles. The van der Waals surface area contributed by atoms with Crippen LogP contribution in [0.3, 0.4) is 0 Å². The molecule has 0 saturated carbocycles. The number of nitrogens with zero attached hydrogens (tertiary/aromatic N) is 2. The van der Waals surface area contributed by atoms with Gasteiger partial charge >= 0.3 is 12.3 Å². The van der Waals surface area contributed by atoms with E-state index in [9.17, 15) is 32.7 Å². The van der Waals surface area contributed by atoms with Gasteiger partial charge < -0.3 is 19.6 Å². The molecule has 0 radical (unpaired) electrons. The van der Waals surface area contributed by atoms with Crippen LogP contribution in [0.25, 0.3) is 33.7 Å². The quantitative estimate of drug-likeness (QED) is 0.177. The van der Waals surface area contributed by atoms with E-state index in [2.05, 4.69) is 15.0 Å². The number of alkyl halides is 3. The normalized spacial score (nSPS) is 13.0. The molecule has 44 heavy (non-hydrogen) atoms. The van der Waals surface area contributed by atoms with E-state index >= 15 is 0 Å². The maximum absolute atomic E-state index is 13.3. The molecule has 0 atom stereocenters. The molecule has 1 aliphatic rings. The first kappa shape index (κ1) is 28.5. The fourth-order valence-corrected chi connectivity index (χ4v) is 4.94. The molecule has 0 fully saturated rings. The Morgan fingerprint density at radius 3 is 2.34 bits per heavy atom. The fourth-order valence-electron chi connectivity index (χ4n) is 4.94. The number of amides is 2. The number of aromatic nitrogens is 1. The predicted molar refractivity (Wildman–Crippen MR) is 155 cm³/mol. The Balaban J connectivity index is 1.36. The Hall–Kier alpha value is -5.65. The number of anilines is 2. The predicted octanol–water partition coefficient (Wildman–Crippen LogP) is 7.38. The molecule has 0 saturated heterocycles. The number of carboxylic acid groups (broad SMARTS) is 1. The summed E-state index contributed by atoms with van der Waals surface area (Å²) in [5, 5.41) is 12.6. The average molecular weight is 602 g/mol. The van der Waals surface area contributed by atoms with E-state index in [1.807, 2.05) is 6.92 Å². The number of carbonyl (C=O) groups is 3. The molecular formula is C32H22F3N3O6. The van der Waals surface area contributed by atoms with E-state index in [1.165, 1.54) is 42.5 Å². The summed E-state index contributed by atoms with van der Waals surface area (Å²) in [7, 11) is 0. The molecule has 1 aliphatic heterocycles. The van der Waals surface area contributed by atoms with E-state index < -0.39 is 24.1 Å². The van der Waals surface area contributed by atoms with Crippen molar-refractivity contribution >= 4 is 40.3 Å². The van der Waals surface area contributed by atoms with Crippen molar-refractivity contribution in [3.8, 4) is 28.3 Å². The Kier molecular flexibility index (Phi) is 7.04. The highest BCUT2D eigenvalue weighted by atomic mass is 19.4. The van der Waals surface area contributed by atoms with Gasteiger partial charge in [-0.1, -0.05) is 25.1 Å². The minimum absolute atomic E-state index is 0.00275. The maximum atomic E-state index is 13.3. The van der Waals surface area contributed by atoms with E-state index in [-0.39, 0.29) is 34.0 Å². The summed E-state index contributed by atoms with van der Waals surface area (Å²) in [5.41, 5.74) is 3.58. The molecule has 0 spiro atoms. The highest BCUT2D eigenvalue weighted by Crippen LogP contribution is 2.37. The van der Waals surface area contributed by atoms with Gasteiger partial charge in [0.25, 0.3) is 11.8 Å². The summed E-state index contributed by atoms with van der Waals surface area (Å²) in [4.78, 5) is 43.6. The number of halogens is 3. The maximum Gasteiger partial charge on any atom is 0.573 e. The van der Waals surface area contributed by atoms with Crippen LogP contribution in [0.1, 0.15) is 44.4 Å². The third-order valence-electron chi connectivity index (χ3n) is 7.00. The minimum Gasteiger partial charge on any atom is -0.478 e. The van der Waals surface area contributed by atoms with Gasteiger partial charge in [0.1, 0.15) is 11.3 Å². The number of nitrogens with one attached hydrogen (secondary N) is 1. The number of rotatable bonds is 8. The number of aromatic carboxylic acids is 1. The SMILES string of the molecule is CCCNc1ccc(N2C(=O)c3ccc(C(=O)O)cc3C2=O)cc1-c1nc2cc(-c3ccc(OC(F)(F)F)cc3)ccc2o1. The van der Waals surface area contributed by atoms with Crippen molar-refractivity contribution in [2.24, 2.45) is 0 Å². The van der Waals surface area contributed by atoms with Crippen LogP contribution in [0.4, 0.5) is 24.5 Å².